The van der Waals surface area contributed by atoms with Gasteiger partial charge in [0.15, 0.2) is 0 Å². The molecule has 342 valence electrons. The van der Waals surface area contributed by atoms with Gasteiger partial charge in [-0.25, -0.2) is 9.97 Å². The molecule has 15 rings (SSSR count). The average Bonchev–Trinajstić information content (AvgIpc) is 4.04. The molecule has 0 unspecified atom stereocenters. The molecule has 0 spiro atoms. The van der Waals surface area contributed by atoms with E-state index in [9.17, 15) is 0 Å². The number of hydrogen-bond acceptors (Lipinski definition) is 2. The number of nitrogens with zero attached hydrogens (tertiary/aromatic N) is 4. The van der Waals surface area contributed by atoms with Crippen molar-refractivity contribution in [3.8, 4) is 67.3 Å². The Morgan fingerprint density at radius 3 is 0.973 bits per heavy atom. The molecule has 0 saturated heterocycles. The van der Waals surface area contributed by atoms with Crippen LogP contribution in [0.15, 0.2) is 243 Å². The lowest BCUT2D eigenvalue weighted by atomic mass is 9.80. The maximum atomic E-state index is 4.74. The van der Waals surface area contributed by atoms with Gasteiger partial charge < -0.3 is 0 Å². The summed E-state index contributed by atoms with van der Waals surface area (Å²) >= 11 is 0. The molecular formula is C69H46N4. The van der Waals surface area contributed by atoms with E-state index in [2.05, 4.69) is 241 Å². The van der Waals surface area contributed by atoms with Crippen molar-refractivity contribution in [1.82, 2.24) is 19.1 Å². The monoisotopic (exact) mass is 930 g/mol. The summed E-state index contributed by atoms with van der Waals surface area (Å²) < 4.78 is 4.55. The smallest absolute Gasteiger partial charge is 0.137 e. The van der Waals surface area contributed by atoms with E-state index < -0.39 is 0 Å². The Labute approximate surface area is 422 Å². The highest BCUT2D eigenvalue weighted by atomic mass is 15.1. The predicted molar refractivity (Wildman–Crippen MR) is 305 cm³/mol. The lowest BCUT2D eigenvalue weighted by molar-refractivity contribution is 0.661. The molecule has 4 aromatic heterocycles. The van der Waals surface area contributed by atoms with Gasteiger partial charge in [-0.2, -0.15) is 0 Å². The molecule has 1 aliphatic rings. The molecule has 0 atom stereocenters. The second kappa shape index (κ2) is 15.8. The van der Waals surface area contributed by atoms with Gasteiger partial charge in [0.1, 0.15) is 11.6 Å². The molecule has 73 heavy (non-hydrogen) atoms. The van der Waals surface area contributed by atoms with Gasteiger partial charge in [0.25, 0.3) is 0 Å². The minimum absolute atomic E-state index is 0.212. The van der Waals surface area contributed by atoms with Crippen LogP contribution in [-0.4, -0.2) is 19.1 Å². The summed E-state index contributed by atoms with van der Waals surface area (Å²) in [7, 11) is 0. The van der Waals surface area contributed by atoms with Gasteiger partial charge in [-0.05, 0) is 161 Å². The van der Waals surface area contributed by atoms with E-state index in [4.69, 9.17) is 9.97 Å². The molecule has 4 heteroatoms. The summed E-state index contributed by atoms with van der Waals surface area (Å²) in [6, 6.07) is 84.8. The first kappa shape index (κ1) is 41.4. The molecule has 4 heterocycles. The fraction of sp³-hybridized carbons (Fsp3) is 0.0435. The lowest BCUT2D eigenvalue weighted by Gasteiger charge is -2.23. The van der Waals surface area contributed by atoms with Crippen LogP contribution in [0.1, 0.15) is 25.0 Å². The molecule has 1 aliphatic carbocycles. The molecular weight excluding hydrogens is 885 g/mol. The SMILES string of the molecule is CC1(C)c2cc(-c3ccc(-c4ccc5c(c4)c4ccccc4n5-c4ccccn4)c4ccccc34)ccc2-c2ccc(-c3ccc(-c4ccc5c(c4)c4ccccc4n5-c4ccccn4)c4ccccc34)cc21. The van der Waals surface area contributed by atoms with Gasteiger partial charge in [0.2, 0.25) is 0 Å². The van der Waals surface area contributed by atoms with Crippen molar-refractivity contribution in [2.24, 2.45) is 0 Å². The fourth-order valence-corrected chi connectivity index (χ4v) is 12.4. The number of fused-ring (bicyclic) bond motifs is 11. The van der Waals surface area contributed by atoms with Gasteiger partial charge in [0, 0.05) is 39.4 Å². The third-order valence-electron chi connectivity index (χ3n) is 15.9. The molecule has 0 N–H and O–H groups in total. The van der Waals surface area contributed by atoms with Crippen molar-refractivity contribution in [3.63, 3.8) is 0 Å². The Balaban J connectivity index is 0.788. The van der Waals surface area contributed by atoms with Gasteiger partial charge in [-0.15, -0.1) is 0 Å². The van der Waals surface area contributed by atoms with Crippen LogP contribution in [0, 0.1) is 0 Å². The minimum atomic E-state index is -0.212. The molecule has 4 nitrogen and oxygen atoms in total. The number of para-hydroxylation sites is 2. The third kappa shape index (κ3) is 6.20. The number of pyridine rings is 2. The van der Waals surface area contributed by atoms with Crippen molar-refractivity contribution < 1.29 is 0 Å². The largest absolute Gasteiger partial charge is 0.294 e. The van der Waals surface area contributed by atoms with Gasteiger partial charge in [-0.1, -0.05) is 172 Å². The van der Waals surface area contributed by atoms with Crippen LogP contribution in [0.3, 0.4) is 0 Å². The van der Waals surface area contributed by atoms with Crippen LogP contribution in [0.5, 0.6) is 0 Å². The van der Waals surface area contributed by atoms with E-state index in [1.54, 1.807) is 0 Å². The molecule has 0 aliphatic heterocycles. The van der Waals surface area contributed by atoms with E-state index in [-0.39, 0.29) is 5.41 Å². The van der Waals surface area contributed by atoms with E-state index in [1.807, 2.05) is 24.5 Å². The topological polar surface area (TPSA) is 35.6 Å². The van der Waals surface area contributed by atoms with Crippen LogP contribution in [-0.2, 0) is 5.41 Å². The van der Waals surface area contributed by atoms with Crippen molar-refractivity contribution in [2.75, 3.05) is 0 Å². The first-order chi connectivity index (χ1) is 36.0. The summed E-state index contributed by atoms with van der Waals surface area (Å²) in [5.41, 5.74) is 19.6. The predicted octanol–water partition coefficient (Wildman–Crippen LogP) is 18.0. The molecule has 0 saturated carbocycles. The quantitative estimate of drug-likeness (QED) is 0.167. The first-order valence-corrected chi connectivity index (χ1v) is 25.2. The summed E-state index contributed by atoms with van der Waals surface area (Å²) in [5, 5.41) is 9.86. The van der Waals surface area contributed by atoms with Crippen LogP contribution in [0.25, 0.3) is 132 Å². The second-order valence-corrected chi connectivity index (χ2v) is 20.1. The molecule has 10 aromatic carbocycles. The van der Waals surface area contributed by atoms with Gasteiger partial charge in [-0.3, -0.25) is 9.13 Å². The molecule has 0 bridgehead atoms. The Bertz CT molecular complexity index is 4280. The summed E-state index contributed by atoms with van der Waals surface area (Å²) in [4.78, 5) is 9.48. The van der Waals surface area contributed by atoms with E-state index >= 15 is 0 Å². The molecule has 14 aromatic rings. The number of rotatable bonds is 6. The van der Waals surface area contributed by atoms with E-state index in [1.165, 1.54) is 110 Å². The highest BCUT2D eigenvalue weighted by Crippen LogP contribution is 2.52. The lowest BCUT2D eigenvalue weighted by Crippen LogP contribution is -2.15. The minimum Gasteiger partial charge on any atom is -0.294 e. The Morgan fingerprint density at radius 2 is 0.589 bits per heavy atom. The Kier molecular flexibility index (Phi) is 8.97. The maximum Gasteiger partial charge on any atom is 0.137 e. The highest BCUT2D eigenvalue weighted by Gasteiger charge is 2.36. The zero-order valence-electron chi connectivity index (χ0n) is 40.4. The Hall–Kier alpha value is -9.38. The number of aromatic nitrogens is 4. The first-order valence-electron chi connectivity index (χ1n) is 25.2. The molecule has 0 fully saturated rings. The summed E-state index contributed by atoms with van der Waals surface area (Å²) in [6.45, 7) is 4.80. The van der Waals surface area contributed by atoms with E-state index in [0.717, 1.165) is 33.7 Å². The maximum absolute atomic E-state index is 4.74. The van der Waals surface area contributed by atoms with Crippen LogP contribution < -0.4 is 0 Å². The molecule has 0 radical (unpaired) electrons. The van der Waals surface area contributed by atoms with Crippen molar-refractivity contribution in [3.05, 3.63) is 254 Å². The van der Waals surface area contributed by atoms with Gasteiger partial charge >= 0.3 is 0 Å². The van der Waals surface area contributed by atoms with Crippen LogP contribution in [0.2, 0.25) is 0 Å². The standard InChI is InChI=1S/C69H46N4/c1-69(2)61-41-45(49-33-31-47(51-15-3-5-17-53(49)51)43-27-35-65-59(39-43)57-19-7-9-21-63(57)72(65)67-23-11-13-37-70-67)25-29-55(61)56-30-26-46(42-62(56)69)50-34-32-48(52-16-4-6-18-54(50)52)44-28-36-66-60(40-44)58-20-8-10-22-64(58)73(66)68-24-12-14-38-71-68/h3-42H,1-2H3. The summed E-state index contributed by atoms with van der Waals surface area (Å²) in [6.07, 6.45) is 3.73. The zero-order chi connectivity index (χ0) is 48.4. The van der Waals surface area contributed by atoms with Crippen molar-refractivity contribution >= 4 is 65.2 Å². The average molecular weight is 931 g/mol. The third-order valence-corrected chi connectivity index (χ3v) is 15.9. The molecule has 0 amide bonds. The van der Waals surface area contributed by atoms with Gasteiger partial charge in [0.05, 0.1) is 22.1 Å². The second-order valence-electron chi connectivity index (χ2n) is 20.1. The van der Waals surface area contributed by atoms with Crippen molar-refractivity contribution in [1.29, 1.82) is 0 Å². The highest BCUT2D eigenvalue weighted by molar-refractivity contribution is 6.14. The Morgan fingerprint density at radius 1 is 0.274 bits per heavy atom. The number of benzene rings is 10. The van der Waals surface area contributed by atoms with Crippen molar-refractivity contribution in [2.45, 2.75) is 19.3 Å². The van der Waals surface area contributed by atoms with Crippen LogP contribution >= 0.6 is 0 Å². The summed E-state index contributed by atoms with van der Waals surface area (Å²) in [5.74, 6) is 1.84. The zero-order valence-corrected chi connectivity index (χ0v) is 40.4. The van der Waals surface area contributed by atoms with E-state index in [0.29, 0.717) is 0 Å². The fourth-order valence-electron chi connectivity index (χ4n) is 12.4. The van der Waals surface area contributed by atoms with Crippen LogP contribution in [0.4, 0.5) is 0 Å². The number of hydrogen-bond donors (Lipinski definition) is 0. The normalized spacial score (nSPS) is 12.9.